The Morgan fingerprint density at radius 3 is 2.91 bits per heavy atom. The predicted molar refractivity (Wildman–Crippen MR) is 43.3 cm³/mol. The molecule has 1 aliphatic heterocycles. The van der Waals surface area contributed by atoms with Gasteiger partial charge in [0, 0.05) is 12.5 Å². The van der Waals surface area contributed by atoms with E-state index in [1.165, 1.54) is 25.7 Å². The highest BCUT2D eigenvalue weighted by atomic mass is 16.5. The molecule has 0 aromatic heterocycles. The topological polar surface area (TPSA) is 9.23 Å². The van der Waals surface area contributed by atoms with Crippen molar-refractivity contribution in [1.29, 1.82) is 0 Å². The van der Waals surface area contributed by atoms with Crippen LogP contribution in [0.1, 0.15) is 25.7 Å². The molecule has 1 heteroatoms. The smallest absolute Gasteiger partial charge is 0.0751 e. The van der Waals surface area contributed by atoms with E-state index in [1.807, 2.05) is 0 Å². The van der Waals surface area contributed by atoms with Gasteiger partial charge in [0.15, 0.2) is 0 Å². The van der Waals surface area contributed by atoms with Crippen LogP contribution in [-0.2, 0) is 4.74 Å². The van der Waals surface area contributed by atoms with E-state index in [4.69, 9.17) is 4.74 Å². The SMILES string of the molecule is C1=CC2CC1CC21CCCO1. The summed E-state index contributed by atoms with van der Waals surface area (Å²) in [5.74, 6) is 1.63. The van der Waals surface area contributed by atoms with Crippen molar-refractivity contribution in [2.45, 2.75) is 31.3 Å². The van der Waals surface area contributed by atoms with Crippen molar-refractivity contribution in [2.75, 3.05) is 6.61 Å². The molecule has 1 saturated carbocycles. The van der Waals surface area contributed by atoms with Gasteiger partial charge in [-0.15, -0.1) is 0 Å². The molecule has 3 rings (SSSR count). The number of ether oxygens (including phenoxy) is 1. The minimum atomic E-state index is 0.319. The average molecular weight is 150 g/mol. The summed E-state index contributed by atoms with van der Waals surface area (Å²) in [4.78, 5) is 0. The van der Waals surface area contributed by atoms with E-state index in [0.717, 1.165) is 18.4 Å². The molecule has 3 aliphatic rings. The Morgan fingerprint density at radius 2 is 2.36 bits per heavy atom. The fraction of sp³-hybridized carbons (Fsp3) is 0.800. The van der Waals surface area contributed by atoms with Gasteiger partial charge >= 0.3 is 0 Å². The van der Waals surface area contributed by atoms with Gasteiger partial charge in [-0.05, 0) is 31.6 Å². The highest BCUT2D eigenvalue weighted by Crippen LogP contribution is 2.52. The molecule has 1 saturated heterocycles. The lowest BCUT2D eigenvalue weighted by atomic mass is 9.86. The number of rotatable bonds is 0. The number of hydrogen-bond acceptors (Lipinski definition) is 1. The summed E-state index contributed by atoms with van der Waals surface area (Å²) < 4.78 is 5.88. The minimum Gasteiger partial charge on any atom is -0.374 e. The van der Waals surface area contributed by atoms with Crippen LogP contribution in [0, 0.1) is 11.8 Å². The summed E-state index contributed by atoms with van der Waals surface area (Å²) in [5.41, 5.74) is 0.319. The molecule has 1 nitrogen and oxygen atoms in total. The molecule has 2 fully saturated rings. The summed E-state index contributed by atoms with van der Waals surface area (Å²) >= 11 is 0. The van der Waals surface area contributed by atoms with Crippen LogP contribution in [0.2, 0.25) is 0 Å². The summed E-state index contributed by atoms with van der Waals surface area (Å²) in [5, 5.41) is 0. The van der Waals surface area contributed by atoms with Crippen molar-refractivity contribution in [1.82, 2.24) is 0 Å². The van der Waals surface area contributed by atoms with Crippen molar-refractivity contribution in [3.63, 3.8) is 0 Å². The second-order valence-electron chi connectivity index (χ2n) is 4.21. The fourth-order valence-electron chi connectivity index (χ4n) is 3.08. The third-order valence-electron chi connectivity index (χ3n) is 3.59. The Kier molecular flexibility index (Phi) is 1.07. The molecular weight excluding hydrogens is 136 g/mol. The Hall–Kier alpha value is -0.300. The first-order valence-corrected chi connectivity index (χ1v) is 4.71. The van der Waals surface area contributed by atoms with E-state index in [2.05, 4.69) is 12.2 Å². The molecule has 0 N–H and O–H groups in total. The van der Waals surface area contributed by atoms with Gasteiger partial charge in [-0.3, -0.25) is 0 Å². The molecule has 1 spiro atoms. The molecule has 0 aromatic rings. The van der Waals surface area contributed by atoms with E-state index in [-0.39, 0.29) is 0 Å². The van der Waals surface area contributed by atoms with Crippen LogP contribution < -0.4 is 0 Å². The van der Waals surface area contributed by atoms with E-state index >= 15 is 0 Å². The van der Waals surface area contributed by atoms with Crippen LogP contribution in [0.25, 0.3) is 0 Å². The maximum Gasteiger partial charge on any atom is 0.0751 e. The van der Waals surface area contributed by atoms with E-state index in [1.54, 1.807) is 0 Å². The standard InChI is InChI=1S/C10H14O/c1-4-10(11-5-1)7-8-2-3-9(10)6-8/h2-3,8-9H,1,4-7H2. The van der Waals surface area contributed by atoms with Crippen molar-refractivity contribution < 1.29 is 4.74 Å². The second-order valence-corrected chi connectivity index (χ2v) is 4.21. The van der Waals surface area contributed by atoms with Gasteiger partial charge in [-0.2, -0.15) is 0 Å². The van der Waals surface area contributed by atoms with Crippen LogP contribution in [0.5, 0.6) is 0 Å². The molecule has 0 amide bonds. The lowest BCUT2D eigenvalue weighted by Gasteiger charge is -2.29. The lowest BCUT2D eigenvalue weighted by molar-refractivity contribution is -0.0163. The van der Waals surface area contributed by atoms with Crippen LogP contribution in [0.15, 0.2) is 12.2 Å². The zero-order valence-corrected chi connectivity index (χ0v) is 6.75. The normalized spacial score (nSPS) is 53.1. The fourth-order valence-corrected chi connectivity index (χ4v) is 3.08. The number of hydrogen-bond donors (Lipinski definition) is 0. The third kappa shape index (κ3) is 0.698. The molecule has 2 aliphatic carbocycles. The molecule has 11 heavy (non-hydrogen) atoms. The second kappa shape index (κ2) is 1.89. The number of allylic oxidation sites excluding steroid dienone is 1. The van der Waals surface area contributed by atoms with Crippen molar-refractivity contribution in [3.8, 4) is 0 Å². The van der Waals surface area contributed by atoms with Crippen LogP contribution in [0.4, 0.5) is 0 Å². The first kappa shape index (κ1) is 6.24. The largest absolute Gasteiger partial charge is 0.374 e. The van der Waals surface area contributed by atoms with Gasteiger partial charge in [0.05, 0.1) is 5.60 Å². The van der Waals surface area contributed by atoms with Crippen molar-refractivity contribution >= 4 is 0 Å². The molecule has 60 valence electrons. The highest BCUT2D eigenvalue weighted by molar-refractivity contribution is 5.18. The molecule has 1 heterocycles. The van der Waals surface area contributed by atoms with E-state index in [0.29, 0.717) is 5.60 Å². The maximum absolute atomic E-state index is 5.88. The molecule has 0 radical (unpaired) electrons. The molecule has 2 bridgehead atoms. The first-order valence-electron chi connectivity index (χ1n) is 4.71. The summed E-state index contributed by atoms with van der Waals surface area (Å²) in [6.45, 7) is 1.01. The van der Waals surface area contributed by atoms with Crippen LogP contribution >= 0.6 is 0 Å². The summed E-state index contributed by atoms with van der Waals surface area (Å²) in [7, 11) is 0. The lowest BCUT2D eigenvalue weighted by Crippen LogP contribution is -2.32. The molecular formula is C10H14O. The summed E-state index contributed by atoms with van der Waals surface area (Å²) in [6.07, 6.45) is 10.1. The monoisotopic (exact) mass is 150 g/mol. The highest BCUT2D eigenvalue weighted by Gasteiger charge is 2.50. The molecule has 3 unspecified atom stereocenters. The van der Waals surface area contributed by atoms with Gasteiger partial charge in [0.25, 0.3) is 0 Å². The molecule has 0 aromatic carbocycles. The Morgan fingerprint density at radius 1 is 1.36 bits per heavy atom. The van der Waals surface area contributed by atoms with Gasteiger partial charge < -0.3 is 4.74 Å². The van der Waals surface area contributed by atoms with Gasteiger partial charge in [-0.1, -0.05) is 12.2 Å². The zero-order chi connectivity index (χ0) is 7.31. The van der Waals surface area contributed by atoms with Crippen molar-refractivity contribution in [2.24, 2.45) is 11.8 Å². The minimum absolute atomic E-state index is 0.319. The Labute approximate surface area is 67.4 Å². The van der Waals surface area contributed by atoms with E-state index in [9.17, 15) is 0 Å². The van der Waals surface area contributed by atoms with Gasteiger partial charge in [0.2, 0.25) is 0 Å². The predicted octanol–water partition coefficient (Wildman–Crippen LogP) is 2.13. The summed E-state index contributed by atoms with van der Waals surface area (Å²) in [6, 6.07) is 0. The molecule has 3 atom stereocenters. The van der Waals surface area contributed by atoms with Crippen LogP contribution in [-0.4, -0.2) is 12.2 Å². The Bertz CT molecular complexity index is 201. The quantitative estimate of drug-likeness (QED) is 0.481. The first-order chi connectivity index (χ1) is 5.39. The maximum atomic E-state index is 5.88. The third-order valence-corrected chi connectivity index (χ3v) is 3.59. The Balaban J connectivity index is 1.94. The van der Waals surface area contributed by atoms with Gasteiger partial charge in [0.1, 0.15) is 0 Å². The van der Waals surface area contributed by atoms with Crippen molar-refractivity contribution in [3.05, 3.63) is 12.2 Å². The van der Waals surface area contributed by atoms with Crippen LogP contribution in [0.3, 0.4) is 0 Å². The zero-order valence-electron chi connectivity index (χ0n) is 6.75. The average Bonchev–Trinajstić information content (AvgIpc) is 2.64. The van der Waals surface area contributed by atoms with E-state index < -0.39 is 0 Å². The van der Waals surface area contributed by atoms with Gasteiger partial charge in [-0.25, -0.2) is 0 Å². The number of fused-ring (bicyclic) bond motifs is 3.